The van der Waals surface area contributed by atoms with Gasteiger partial charge in [-0.3, -0.25) is 4.90 Å². The Morgan fingerprint density at radius 3 is 0.743 bits per heavy atom. The van der Waals surface area contributed by atoms with Gasteiger partial charge in [-0.25, -0.2) is 0 Å². The molecule has 0 saturated heterocycles. The van der Waals surface area contributed by atoms with E-state index in [0.717, 1.165) is 43.2 Å². The molecule has 2 aliphatic rings. The van der Waals surface area contributed by atoms with Crippen LogP contribution in [0.25, 0.3) is 10.9 Å². The van der Waals surface area contributed by atoms with Gasteiger partial charge in [-0.2, -0.15) is 0 Å². The Labute approximate surface area is 822 Å². The predicted molar refractivity (Wildman–Crippen MR) is 548 cm³/mol. The first-order valence-electron chi connectivity index (χ1n) is 38.3. The number of methoxy groups -OCH3 is 2. The molecule has 1 aromatic heterocycles. The quantitative estimate of drug-likeness (QED) is 0.244. The van der Waals surface area contributed by atoms with Crippen LogP contribution < -0.4 is 14.2 Å². The lowest BCUT2D eigenvalue weighted by molar-refractivity contribution is 0.158. The summed E-state index contributed by atoms with van der Waals surface area (Å²) in [6.45, 7) is 4.62. The minimum Gasteiger partial charge on any atom is -0.497 e. The van der Waals surface area contributed by atoms with E-state index in [2.05, 4.69) is 681 Å². The molecule has 1 unspecified atom stereocenters. The Kier molecular flexibility index (Phi) is 57.1. The van der Waals surface area contributed by atoms with E-state index < -0.39 is 0 Å². The zero-order valence-corrected chi connectivity index (χ0v) is 73.1. The Morgan fingerprint density at radius 2 is 0.521 bits per heavy atom. The Hall–Kier alpha value is -26.8. The number of fused-ring (bicyclic) bond motifs is 6. The van der Waals surface area contributed by atoms with Gasteiger partial charge in [0, 0.05) is 557 Å². The number of aryl methyl sites for hydroxylation is 1. The van der Waals surface area contributed by atoms with Crippen molar-refractivity contribution in [3.8, 4) is 646 Å². The highest BCUT2D eigenvalue weighted by Crippen LogP contribution is 2.44. The summed E-state index contributed by atoms with van der Waals surface area (Å²) in [7, 11) is 3.46. The fourth-order valence-corrected chi connectivity index (χ4v) is 8.80. The van der Waals surface area contributed by atoms with Crippen LogP contribution in [0.5, 0.6) is 17.2 Å². The summed E-state index contributed by atoms with van der Waals surface area (Å²) < 4.78 is 17.5. The van der Waals surface area contributed by atoms with E-state index in [1.807, 2.05) is 6.07 Å². The third kappa shape index (κ3) is 54.7. The van der Waals surface area contributed by atoms with E-state index >= 15 is 0 Å². The molecule has 4 aromatic rings. The third-order valence-electron chi connectivity index (χ3n) is 13.8. The largest absolute Gasteiger partial charge is 0.497 e. The van der Waals surface area contributed by atoms with Gasteiger partial charge in [-0.05, 0) is 167 Å². The van der Waals surface area contributed by atoms with E-state index in [1.165, 1.54) is 44.4 Å². The predicted octanol–water partition coefficient (Wildman–Crippen LogP) is 6.15. The van der Waals surface area contributed by atoms with E-state index in [9.17, 15) is 0 Å². The number of nitrogens with one attached hydrogen (secondary N) is 1. The van der Waals surface area contributed by atoms with Crippen molar-refractivity contribution in [3.63, 3.8) is 0 Å². The Morgan fingerprint density at radius 1 is 0.279 bits per heavy atom. The number of hydrogen-bond acceptors (Lipinski definition) is 4. The lowest BCUT2D eigenvalue weighted by Gasteiger charge is -2.40. The fraction of sp³-hybridized carbons (Fsp3) is 0.0667. The van der Waals surface area contributed by atoms with Crippen LogP contribution >= 0.6 is 0 Å². The van der Waals surface area contributed by atoms with Crippen molar-refractivity contribution in [2.75, 3.05) is 20.8 Å². The summed E-state index contributed by atoms with van der Waals surface area (Å²) in [5.41, 5.74) is 9.04. The average molecular weight is 1730 g/mol. The standard InChI is InChI=1S/C106H2.C29H30N2O3/c1-3-5-7-9-11-13-15-17-19-21-23-25-27-29-31-33-35-37-39-41-43-45-47-49-51-53-55-57-59-61-63-65-67-69-71-73-75-77-79-81-83-85-87-89-91-93-95-97-99-101-103-105-106-104-102-100-98-96-94-92-90-88-86-84-82-80-78-76-74-72-70-68-66-64-62-60-58-56-54-52-50-48-46-44-42-40-38-36-34-32-30-28-26-24-22-20-18-16-14-12-10-8-6-4-2;1-18-5-4-6-19(11-18)17-34-29-12-20-9-10-31-16-26-24(14-27(31)22(20)15-28(29)33-3)23-13-21(32-2)7-8-25(23)30-26/h1-2H;4-8,11-13,15,27,30H,9-10,14,16-17H2,1-3H3. The van der Waals surface area contributed by atoms with Gasteiger partial charge < -0.3 is 19.2 Å². The molecule has 1 N–H and O–H groups in total. The van der Waals surface area contributed by atoms with Crippen molar-refractivity contribution in [3.05, 3.63) is 88.1 Å². The molecule has 0 radical (unpaired) electrons. The maximum absolute atomic E-state index is 6.24. The molecule has 0 spiro atoms. The highest BCUT2D eigenvalue weighted by molar-refractivity contribution is 5.86. The van der Waals surface area contributed by atoms with Crippen LogP contribution in [-0.2, 0) is 26.0 Å². The molecule has 0 fully saturated rings. The maximum atomic E-state index is 6.24. The molecule has 600 valence electrons. The summed E-state index contributed by atoms with van der Waals surface area (Å²) in [6.07, 6.45) is 11.9. The number of H-pyrrole nitrogens is 1. The van der Waals surface area contributed by atoms with Crippen molar-refractivity contribution in [1.82, 2.24) is 9.88 Å². The first kappa shape index (κ1) is 104. The highest BCUT2D eigenvalue weighted by Gasteiger charge is 2.35. The minimum atomic E-state index is 0.334. The van der Waals surface area contributed by atoms with Crippen molar-refractivity contribution in [1.29, 1.82) is 0 Å². The summed E-state index contributed by atoms with van der Waals surface area (Å²) in [5, 5.41) is 1.27. The summed E-state index contributed by atoms with van der Waals surface area (Å²) in [5.74, 6) is 261. The zero-order valence-electron chi connectivity index (χ0n) is 73.1. The maximum Gasteiger partial charge on any atom is 0.161 e. The van der Waals surface area contributed by atoms with Crippen LogP contribution in [-0.4, -0.2) is 30.6 Å². The van der Waals surface area contributed by atoms with Crippen LogP contribution in [0.15, 0.2) is 54.6 Å². The summed E-state index contributed by atoms with van der Waals surface area (Å²) in [4.78, 5) is 6.24. The van der Waals surface area contributed by atoms with Gasteiger partial charge in [0.15, 0.2) is 11.5 Å². The SMILES string of the molecule is C#CC#CC#CC#CC#CC#CC#CC#CC#CC#CC#CC#CC#CC#CC#CC#CC#CC#CC#CC#CC#CC#CC#CC#CC#CC#CC#CC#CC#CC#CC#CC#CC#CC#CC#CC#CC#CC#CC#CC#CC#CC#CC#CC#CC#CC#CC#CC#CC#CC#CC#CC#CC#C.COc1ccc2[nH]c3c(c2c1)CC1c2cc(OC)c(OCc4cccc(C)c4)cc2CCN1C3. The molecule has 5 heteroatoms. The highest BCUT2D eigenvalue weighted by atomic mass is 16.5. The molecule has 0 amide bonds. The van der Waals surface area contributed by atoms with E-state index in [4.69, 9.17) is 27.1 Å². The molecule has 3 aromatic carbocycles. The van der Waals surface area contributed by atoms with Gasteiger partial charge in [-0.15, -0.1) is 12.8 Å². The number of aromatic nitrogens is 1. The van der Waals surface area contributed by atoms with Crippen LogP contribution in [0.4, 0.5) is 0 Å². The average Bonchev–Trinajstić information content (AvgIpc) is 1.54. The van der Waals surface area contributed by atoms with Gasteiger partial charge in [0.1, 0.15) is 12.4 Å². The Bertz CT molecular complexity index is 9290. The molecule has 0 aliphatic carbocycles. The number of nitrogens with zero attached hydrogens (tertiary/aromatic N) is 1. The van der Waals surface area contributed by atoms with Gasteiger partial charge >= 0.3 is 0 Å². The zero-order chi connectivity index (χ0) is 98.8. The third-order valence-corrected chi connectivity index (χ3v) is 13.8. The van der Waals surface area contributed by atoms with Crippen molar-refractivity contribution in [2.45, 2.75) is 39.0 Å². The van der Waals surface area contributed by atoms with Crippen LogP contribution in [0.3, 0.4) is 0 Å². The molecule has 3 heterocycles. The molecule has 140 heavy (non-hydrogen) atoms. The number of rotatable bonds is 5. The molecule has 0 saturated carbocycles. The van der Waals surface area contributed by atoms with E-state index in [-0.39, 0.29) is 0 Å². The summed E-state index contributed by atoms with van der Waals surface area (Å²) in [6, 6.07) is 19.5. The second kappa shape index (κ2) is 77.1. The van der Waals surface area contributed by atoms with Gasteiger partial charge in [0.05, 0.1) is 14.2 Å². The van der Waals surface area contributed by atoms with Crippen molar-refractivity contribution in [2.24, 2.45) is 0 Å². The first-order valence-corrected chi connectivity index (χ1v) is 38.3. The molecular formula is C135H32N2O3. The fourth-order valence-electron chi connectivity index (χ4n) is 8.80. The molecular weight excluding hydrogens is 1700 g/mol. The lowest BCUT2D eigenvalue weighted by atomic mass is 9.85. The van der Waals surface area contributed by atoms with E-state index in [1.54, 1.807) is 14.2 Å². The second-order valence-corrected chi connectivity index (χ2v) is 22.5. The number of benzene rings is 3. The Balaban J connectivity index is 0.000000829. The van der Waals surface area contributed by atoms with Gasteiger partial charge in [-0.1, -0.05) is 29.8 Å². The number of aromatic amines is 1. The molecule has 1 atom stereocenters. The van der Waals surface area contributed by atoms with Gasteiger partial charge in [0.25, 0.3) is 0 Å². The minimum absolute atomic E-state index is 0.334. The summed E-state index contributed by atoms with van der Waals surface area (Å²) >= 11 is 0. The van der Waals surface area contributed by atoms with E-state index in [0.29, 0.717) is 12.6 Å². The lowest BCUT2D eigenvalue weighted by Crippen LogP contribution is -2.39. The number of terminal acetylenes is 2. The van der Waals surface area contributed by atoms with Crippen LogP contribution in [0.1, 0.15) is 39.6 Å². The topological polar surface area (TPSA) is 46.7 Å². The van der Waals surface area contributed by atoms with Gasteiger partial charge in [0.2, 0.25) is 0 Å². The molecule has 5 nitrogen and oxygen atoms in total. The first-order chi connectivity index (χ1) is 69.5. The number of hydrogen-bond donors (Lipinski definition) is 1. The second-order valence-electron chi connectivity index (χ2n) is 22.5. The molecule has 2 aliphatic heterocycles. The van der Waals surface area contributed by atoms with Crippen molar-refractivity contribution < 1.29 is 14.2 Å². The monoisotopic (exact) mass is 1730 g/mol. The molecule has 0 bridgehead atoms. The number of ether oxygens (including phenoxy) is 3. The van der Waals surface area contributed by atoms with Crippen LogP contribution in [0, 0.1) is 635 Å². The van der Waals surface area contributed by atoms with Crippen molar-refractivity contribution >= 4 is 10.9 Å². The molecule has 6 rings (SSSR count). The smallest absolute Gasteiger partial charge is 0.161 e. The van der Waals surface area contributed by atoms with Crippen LogP contribution in [0.2, 0.25) is 0 Å². The normalized spacial score (nSPS) is 7.14.